The van der Waals surface area contributed by atoms with Crippen LogP contribution < -0.4 is 10.6 Å². The van der Waals surface area contributed by atoms with Gasteiger partial charge in [-0.25, -0.2) is 9.97 Å². The zero-order valence-electron chi connectivity index (χ0n) is 21.5. The van der Waals surface area contributed by atoms with Crippen LogP contribution in [0.3, 0.4) is 0 Å². The van der Waals surface area contributed by atoms with Gasteiger partial charge in [-0.1, -0.05) is 0 Å². The number of rotatable bonds is 7. The predicted octanol–water partition coefficient (Wildman–Crippen LogP) is 2.15. The Morgan fingerprint density at radius 2 is 1.95 bits per heavy atom. The molecule has 1 amide bonds. The summed E-state index contributed by atoms with van der Waals surface area (Å²) in [4.78, 5) is 25.1. The van der Waals surface area contributed by atoms with Crippen LogP contribution in [0.4, 0.5) is 5.82 Å². The first kappa shape index (κ1) is 23.8. The van der Waals surface area contributed by atoms with Crippen molar-refractivity contribution in [2.24, 2.45) is 0 Å². The van der Waals surface area contributed by atoms with E-state index in [1.807, 2.05) is 25.4 Å². The summed E-state index contributed by atoms with van der Waals surface area (Å²) in [7, 11) is 7.37. The van der Waals surface area contributed by atoms with Gasteiger partial charge in [-0.05, 0) is 32.0 Å². The number of hydrogen-bond donors (Lipinski definition) is 2. The van der Waals surface area contributed by atoms with Crippen LogP contribution in [-0.2, 0) is 9.47 Å². The average Bonchev–Trinajstić information content (AvgIpc) is 3.62. The van der Waals surface area contributed by atoms with Gasteiger partial charge >= 0.3 is 0 Å². The summed E-state index contributed by atoms with van der Waals surface area (Å²) in [6.45, 7) is 1.76. The SMILES string of the molecule is CNc1cc(-c2cnc3n([C@@H]4CN(C)C[C@H]4OC)cccc2-3)nc2c(C(=O)N[C@@H]3CC[C@H]3OC)cnn12. The van der Waals surface area contributed by atoms with Gasteiger partial charge in [0.25, 0.3) is 5.91 Å². The molecule has 2 aromatic rings. The van der Waals surface area contributed by atoms with Gasteiger partial charge in [0, 0.05) is 63.9 Å². The van der Waals surface area contributed by atoms with E-state index in [2.05, 4.69) is 44.5 Å². The largest absolute Gasteiger partial charge is 0.379 e. The van der Waals surface area contributed by atoms with Crippen LogP contribution in [-0.4, -0.2) is 94.6 Å². The van der Waals surface area contributed by atoms with E-state index in [0.29, 0.717) is 11.2 Å². The number of hydrogen-bond acceptors (Lipinski definition) is 8. The van der Waals surface area contributed by atoms with Gasteiger partial charge in [0.15, 0.2) is 5.65 Å². The number of carbonyl (C=O) groups is 1. The Morgan fingerprint density at radius 1 is 1.11 bits per heavy atom. The first-order valence-corrected chi connectivity index (χ1v) is 12.6. The Hall–Kier alpha value is -3.54. The Labute approximate surface area is 215 Å². The molecule has 1 aliphatic carbocycles. The normalized spacial score (nSPS) is 24.0. The molecular formula is C26H32N8O3. The van der Waals surface area contributed by atoms with Gasteiger partial charge < -0.3 is 29.6 Å². The summed E-state index contributed by atoms with van der Waals surface area (Å²) >= 11 is 0. The van der Waals surface area contributed by atoms with E-state index in [4.69, 9.17) is 19.4 Å². The van der Waals surface area contributed by atoms with Crippen molar-refractivity contribution in [1.29, 1.82) is 0 Å². The lowest BCUT2D eigenvalue weighted by molar-refractivity contribution is 0.00732. The zero-order valence-corrected chi connectivity index (χ0v) is 21.5. The summed E-state index contributed by atoms with van der Waals surface area (Å²) < 4.78 is 15.1. The zero-order chi connectivity index (χ0) is 25.7. The number of likely N-dealkylation sites (N-methyl/N-ethyl adjacent to an activating group) is 1. The van der Waals surface area contributed by atoms with Gasteiger partial charge in [0.05, 0.1) is 36.2 Å². The molecule has 0 radical (unpaired) electrons. The quantitative estimate of drug-likeness (QED) is 0.394. The Morgan fingerprint density at radius 3 is 2.68 bits per heavy atom. The molecule has 11 nitrogen and oxygen atoms in total. The molecule has 0 unspecified atom stereocenters. The van der Waals surface area contributed by atoms with Crippen LogP contribution in [0, 0.1) is 0 Å². The Kier molecular flexibility index (Phi) is 6.06. The number of nitrogens with one attached hydrogen (secondary N) is 2. The fourth-order valence-corrected chi connectivity index (χ4v) is 5.57. The van der Waals surface area contributed by atoms with E-state index < -0.39 is 0 Å². The minimum Gasteiger partial charge on any atom is -0.379 e. The summed E-state index contributed by atoms with van der Waals surface area (Å²) in [5.74, 6) is 1.41. The highest BCUT2D eigenvalue weighted by Gasteiger charge is 2.35. The first-order chi connectivity index (χ1) is 18.0. The summed E-state index contributed by atoms with van der Waals surface area (Å²) in [6, 6.07) is 6.20. The van der Waals surface area contributed by atoms with Crippen molar-refractivity contribution in [3.63, 3.8) is 0 Å². The standard InChI is InChI=1S/C26H32N8O3/c1-27-23-10-19(30-25-17(12-29-34(23)25)26(35)31-18-7-8-21(18)36-3)16-11-28-24-15(16)6-5-9-33(24)20-13-32(2)14-22(20)37-4/h5-6,9-12,18,20-22,27H,7-8,13-14H2,1-4H3,(H,31,35)/t18-,20-,21-,22-/m1/s1. The van der Waals surface area contributed by atoms with Crippen LogP contribution in [0.5, 0.6) is 0 Å². The second-order valence-corrected chi connectivity index (χ2v) is 9.89. The number of fused-ring (bicyclic) bond motifs is 2. The highest BCUT2D eigenvalue weighted by molar-refractivity contribution is 6.00. The molecule has 4 atom stereocenters. The lowest BCUT2D eigenvalue weighted by atomic mass is 9.89. The Balaban J connectivity index is 1.38. The number of aromatic nitrogens is 5. The molecule has 3 aliphatic heterocycles. The molecule has 0 aromatic carbocycles. The number of ether oxygens (including phenoxy) is 2. The number of carbonyl (C=O) groups excluding carboxylic acids is 1. The van der Waals surface area contributed by atoms with Crippen LogP contribution in [0.2, 0.25) is 0 Å². The van der Waals surface area contributed by atoms with Crippen LogP contribution >= 0.6 is 0 Å². The monoisotopic (exact) mass is 504 g/mol. The fourth-order valence-electron chi connectivity index (χ4n) is 5.57. The third-order valence-electron chi connectivity index (χ3n) is 7.76. The molecule has 4 aliphatic rings. The maximum atomic E-state index is 13.2. The minimum atomic E-state index is -0.201. The van der Waals surface area contributed by atoms with Crippen molar-refractivity contribution in [3.8, 4) is 22.6 Å². The van der Waals surface area contributed by atoms with E-state index in [9.17, 15) is 4.79 Å². The van der Waals surface area contributed by atoms with Crippen LogP contribution in [0.25, 0.3) is 28.3 Å². The molecule has 37 heavy (non-hydrogen) atoms. The summed E-state index contributed by atoms with van der Waals surface area (Å²) in [6.07, 6.45) is 7.48. The van der Waals surface area contributed by atoms with Crippen LogP contribution in [0.15, 0.2) is 36.8 Å². The highest BCUT2D eigenvalue weighted by Crippen LogP contribution is 2.37. The first-order valence-electron chi connectivity index (χ1n) is 12.6. The minimum absolute atomic E-state index is 0.00336. The smallest absolute Gasteiger partial charge is 0.257 e. The maximum Gasteiger partial charge on any atom is 0.257 e. The predicted molar refractivity (Wildman–Crippen MR) is 139 cm³/mol. The van der Waals surface area contributed by atoms with Crippen molar-refractivity contribution >= 4 is 17.4 Å². The van der Waals surface area contributed by atoms with Crippen molar-refractivity contribution < 1.29 is 14.3 Å². The van der Waals surface area contributed by atoms with Gasteiger partial charge in [0.2, 0.25) is 0 Å². The van der Waals surface area contributed by atoms with Crippen molar-refractivity contribution in [3.05, 3.63) is 42.4 Å². The molecule has 2 fully saturated rings. The topological polar surface area (TPSA) is 111 Å². The van der Waals surface area contributed by atoms with Gasteiger partial charge in [-0.15, -0.1) is 0 Å². The van der Waals surface area contributed by atoms with Crippen molar-refractivity contribution in [1.82, 2.24) is 34.4 Å². The molecular weight excluding hydrogens is 472 g/mol. The van der Waals surface area contributed by atoms with E-state index in [0.717, 1.165) is 54.4 Å². The second kappa shape index (κ2) is 9.40. The van der Waals surface area contributed by atoms with E-state index in [1.165, 1.54) is 0 Å². The third-order valence-corrected chi connectivity index (χ3v) is 7.76. The highest BCUT2D eigenvalue weighted by atomic mass is 16.5. The number of anilines is 1. The number of pyridine rings is 1. The molecule has 6 rings (SSSR count). The molecule has 1 saturated carbocycles. The van der Waals surface area contributed by atoms with Gasteiger partial charge in [0.1, 0.15) is 17.2 Å². The summed E-state index contributed by atoms with van der Waals surface area (Å²) in [5, 5.41) is 10.7. The fraction of sp³-hybridized carbons (Fsp3) is 0.462. The molecule has 0 spiro atoms. The Bertz CT molecular complexity index is 1410. The number of amides is 1. The third kappa shape index (κ3) is 3.94. The lowest BCUT2D eigenvalue weighted by Gasteiger charge is -2.35. The molecule has 2 N–H and O–H groups in total. The number of likely N-dealkylation sites (tertiary alicyclic amines) is 1. The molecule has 2 aromatic heterocycles. The summed E-state index contributed by atoms with van der Waals surface area (Å²) in [5.41, 5.74) is 3.53. The van der Waals surface area contributed by atoms with Crippen LogP contribution in [0.1, 0.15) is 29.2 Å². The maximum absolute atomic E-state index is 13.2. The molecule has 1 saturated heterocycles. The van der Waals surface area contributed by atoms with Gasteiger partial charge in [-0.2, -0.15) is 9.61 Å². The van der Waals surface area contributed by atoms with E-state index in [1.54, 1.807) is 24.9 Å². The van der Waals surface area contributed by atoms with E-state index >= 15 is 0 Å². The number of nitrogens with zero attached hydrogens (tertiary/aromatic N) is 6. The second-order valence-electron chi connectivity index (χ2n) is 9.89. The molecule has 11 heteroatoms. The number of methoxy groups -OCH3 is 2. The lowest BCUT2D eigenvalue weighted by Crippen LogP contribution is -2.51. The molecule has 5 heterocycles. The van der Waals surface area contributed by atoms with E-state index in [-0.39, 0.29) is 30.2 Å². The molecule has 0 bridgehead atoms. The van der Waals surface area contributed by atoms with Crippen molar-refractivity contribution in [2.75, 3.05) is 46.7 Å². The molecule has 194 valence electrons. The average molecular weight is 505 g/mol. The van der Waals surface area contributed by atoms with Crippen molar-refractivity contribution in [2.45, 2.75) is 37.1 Å². The van der Waals surface area contributed by atoms with Gasteiger partial charge in [-0.3, -0.25) is 4.79 Å².